The maximum absolute atomic E-state index is 13.1. The van der Waals surface area contributed by atoms with Crippen molar-refractivity contribution >= 4 is 18.5 Å². The molecule has 126 valence electrons. The molecule has 1 aliphatic rings. The summed E-state index contributed by atoms with van der Waals surface area (Å²) in [4.78, 5) is 23.0. The largest absolute Gasteiger partial charge is 0.356 e. The minimum atomic E-state index is -0.527. The Hall–Kier alpha value is -3.34. The van der Waals surface area contributed by atoms with Gasteiger partial charge in [0.15, 0.2) is 6.21 Å². The monoisotopic (exact) mass is 339 g/mol. The molecule has 0 fully saturated rings. The molecule has 7 nitrogen and oxygen atoms in total. The van der Waals surface area contributed by atoms with Gasteiger partial charge in [-0.3, -0.25) is 14.4 Å². The molecule has 0 radical (unpaired) electrons. The molecule has 3 rings (SSSR count). The summed E-state index contributed by atoms with van der Waals surface area (Å²) in [7, 11) is 0. The Morgan fingerprint density at radius 1 is 1.36 bits per heavy atom. The van der Waals surface area contributed by atoms with Gasteiger partial charge in [0.1, 0.15) is 24.0 Å². The zero-order valence-electron chi connectivity index (χ0n) is 13.4. The van der Waals surface area contributed by atoms with Gasteiger partial charge in [0.2, 0.25) is 5.95 Å². The van der Waals surface area contributed by atoms with E-state index in [-0.39, 0.29) is 17.2 Å². The molecule has 0 aliphatic carbocycles. The number of H-pyrrole nitrogens is 1. The third-order valence-electron chi connectivity index (χ3n) is 3.71. The van der Waals surface area contributed by atoms with Crippen LogP contribution in [-0.4, -0.2) is 46.7 Å². The number of nitrogens with zero attached hydrogens (tertiary/aromatic N) is 4. The molecule has 0 atom stereocenters. The number of anilines is 1. The van der Waals surface area contributed by atoms with Gasteiger partial charge in [0.25, 0.3) is 11.9 Å². The molecule has 0 spiro atoms. The van der Waals surface area contributed by atoms with Crippen LogP contribution in [0.5, 0.6) is 0 Å². The van der Waals surface area contributed by atoms with E-state index in [2.05, 4.69) is 24.9 Å². The van der Waals surface area contributed by atoms with Crippen molar-refractivity contribution in [1.29, 1.82) is 5.26 Å². The minimum Gasteiger partial charge on any atom is -0.356 e. The molecule has 1 aromatic heterocycles. The molecule has 8 heteroatoms. The smallest absolute Gasteiger partial charge is 0.281 e. The van der Waals surface area contributed by atoms with Crippen LogP contribution in [-0.2, 0) is 0 Å². The fourth-order valence-electron chi connectivity index (χ4n) is 2.46. The lowest BCUT2D eigenvalue weighted by Crippen LogP contribution is -2.20. The van der Waals surface area contributed by atoms with E-state index in [9.17, 15) is 14.4 Å². The Balaban J connectivity index is 1.75. The maximum Gasteiger partial charge on any atom is 0.281 e. The number of hydrogen-bond acceptors (Lipinski definition) is 5. The molecule has 0 saturated heterocycles. The molecule has 1 aromatic carbocycles. The highest BCUT2D eigenvalue weighted by molar-refractivity contribution is 5.74. The van der Waals surface area contributed by atoms with Crippen molar-refractivity contribution in [3.8, 4) is 17.3 Å². The zero-order chi connectivity index (χ0) is 17.6. The van der Waals surface area contributed by atoms with Crippen molar-refractivity contribution in [1.82, 2.24) is 9.97 Å². The Morgan fingerprint density at radius 3 is 2.84 bits per heavy atom. The van der Waals surface area contributed by atoms with Crippen LogP contribution in [0.4, 0.5) is 10.3 Å². The average Bonchev–Trinajstić information content (AvgIpc) is 3.12. The number of benzene rings is 1. The standard InChI is InChI=1S/C17H15FN6O/c18-13-4-2-12(3-5-13)15-14(10-19)16(25)23-17(22-15)21-6-1-8-24-9-7-20-11-24/h2-5,7,11H,1,6,8-9H2,(H-,21,22,23,25)/p+1. The van der Waals surface area contributed by atoms with E-state index in [0.717, 1.165) is 19.5 Å². The second-order valence-electron chi connectivity index (χ2n) is 5.48. The number of aliphatic imine (C=N–C) groups is 1. The Morgan fingerprint density at radius 2 is 2.16 bits per heavy atom. The average molecular weight is 339 g/mol. The van der Waals surface area contributed by atoms with Gasteiger partial charge < -0.3 is 5.32 Å². The first-order chi connectivity index (χ1) is 12.2. The number of nitrogens with one attached hydrogen (secondary N) is 2. The normalized spacial score (nSPS) is 12.7. The number of aromatic nitrogens is 2. The molecule has 2 N–H and O–H groups in total. The number of aromatic amines is 1. The highest BCUT2D eigenvalue weighted by Gasteiger charge is 2.13. The summed E-state index contributed by atoms with van der Waals surface area (Å²) in [5, 5.41) is 12.3. The van der Waals surface area contributed by atoms with E-state index in [4.69, 9.17) is 0 Å². The molecule has 25 heavy (non-hydrogen) atoms. The quantitative estimate of drug-likeness (QED) is 0.614. The number of halogens is 1. The molecular weight excluding hydrogens is 323 g/mol. The predicted molar refractivity (Wildman–Crippen MR) is 92.6 cm³/mol. The fraction of sp³-hybridized carbons (Fsp3) is 0.235. The highest BCUT2D eigenvalue weighted by atomic mass is 19.1. The lowest BCUT2D eigenvalue weighted by Gasteiger charge is -2.08. The fourth-order valence-corrected chi connectivity index (χ4v) is 2.46. The van der Waals surface area contributed by atoms with Crippen LogP contribution in [0.2, 0.25) is 0 Å². The molecule has 2 heterocycles. The van der Waals surface area contributed by atoms with Gasteiger partial charge in [-0.25, -0.2) is 9.37 Å². The molecule has 0 bridgehead atoms. The number of rotatable bonds is 6. The first kappa shape index (κ1) is 16.5. The van der Waals surface area contributed by atoms with E-state index in [1.54, 1.807) is 6.34 Å². The molecule has 1 aliphatic heterocycles. The summed E-state index contributed by atoms with van der Waals surface area (Å²) in [6, 6.07) is 7.37. The van der Waals surface area contributed by atoms with Crippen LogP contribution in [0.15, 0.2) is 34.1 Å². The van der Waals surface area contributed by atoms with Crippen molar-refractivity contribution in [3.05, 3.63) is 46.0 Å². The topological polar surface area (TPSA) is 96.9 Å². The van der Waals surface area contributed by atoms with Gasteiger partial charge in [0, 0.05) is 18.5 Å². The van der Waals surface area contributed by atoms with Crippen LogP contribution < -0.4 is 10.9 Å². The van der Waals surface area contributed by atoms with Gasteiger partial charge in [-0.05, 0) is 24.3 Å². The van der Waals surface area contributed by atoms with Gasteiger partial charge >= 0.3 is 0 Å². The van der Waals surface area contributed by atoms with Gasteiger partial charge in [-0.2, -0.15) is 5.26 Å². The van der Waals surface area contributed by atoms with E-state index < -0.39 is 11.4 Å². The second kappa shape index (κ2) is 7.49. The minimum absolute atomic E-state index is 0.0963. The summed E-state index contributed by atoms with van der Waals surface area (Å²) >= 11 is 0. The van der Waals surface area contributed by atoms with Gasteiger partial charge in [-0.1, -0.05) is 4.99 Å². The van der Waals surface area contributed by atoms with Crippen molar-refractivity contribution in [3.63, 3.8) is 0 Å². The number of nitriles is 1. The van der Waals surface area contributed by atoms with E-state index in [1.807, 2.05) is 12.3 Å². The lowest BCUT2D eigenvalue weighted by molar-refractivity contribution is -0.504. The molecule has 0 saturated carbocycles. The third kappa shape index (κ3) is 3.95. The first-order valence-electron chi connectivity index (χ1n) is 7.80. The van der Waals surface area contributed by atoms with E-state index in [1.165, 1.54) is 24.3 Å². The van der Waals surface area contributed by atoms with Crippen LogP contribution in [0.1, 0.15) is 12.0 Å². The molecule has 0 amide bonds. The first-order valence-corrected chi connectivity index (χ1v) is 7.80. The third-order valence-corrected chi connectivity index (χ3v) is 3.71. The Bertz CT molecular complexity index is 924. The Kier molecular flexibility index (Phi) is 4.95. The lowest BCUT2D eigenvalue weighted by atomic mass is 10.1. The van der Waals surface area contributed by atoms with E-state index >= 15 is 0 Å². The summed E-state index contributed by atoms with van der Waals surface area (Å²) in [6.45, 7) is 2.24. The van der Waals surface area contributed by atoms with E-state index in [0.29, 0.717) is 12.1 Å². The summed E-state index contributed by atoms with van der Waals surface area (Å²) in [5.41, 5.74) is 0.118. The maximum atomic E-state index is 13.1. The van der Waals surface area contributed by atoms with Crippen LogP contribution >= 0.6 is 0 Å². The van der Waals surface area contributed by atoms with Crippen LogP contribution in [0.25, 0.3) is 11.3 Å². The van der Waals surface area contributed by atoms with Crippen molar-refractivity contribution in [2.75, 3.05) is 25.0 Å². The summed E-state index contributed by atoms with van der Waals surface area (Å²) in [5.74, 6) is -0.113. The molecule has 0 unspecified atom stereocenters. The Labute approximate surface area is 143 Å². The van der Waals surface area contributed by atoms with Crippen molar-refractivity contribution in [2.45, 2.75) is 6.42 Å². The molecule has 2 aromatic rings. The highest BCUT2D eigenvalue weighted by Crippen LogP contribution is 2.20. The zero-order valence-corrected chi connectivity index (χ0v) is 13.4. The van der Waals surface area contributed by atoms with Crippen molar-refractivity contribution in [2.24, 2.45) is 4.99 Å². The van der Waals surface area contributed by atoms with Gasteiger partial charge in [-0.15, -0.1) is 0 Å². The molecular formula is C17H16FN6O+. The van der Waals surface area contributed by atoms with Crippen LogP contribution in [0.3, 0.4) is 0 Å². The van der Waals surface area contributed by atoms with Crippen LogP contribution in [0, 0.1) is 17.1 Å². The van der Waals surface area contributed by atoms with Crippen molar-refractivity contribution < 1.29 is 8.97 Å². The predicted octanol–water partition coefficient (Wildman–Crippen LogP) is 1.37. The summed E-state index contributed by atoms with van der Waals surface area (Å²) in [6.07, 6.45) is 4.45. The van der Waals surface area contributed by atoms with Gasteiger partial charge in [0.05, 0.1) is 12.2 Å². The SMILES string of the molecule is N#Cc1c(-c2ccc(F)cc2)nc(NCCC[N+]2=CN=CC2)[nH]c1=O. The summed E-state index contributed by atoms with van der Waals surface area (Å²) < 4.78 is 15.2. The second-order valence-corrected chi connectivity index (χ2v) is 5.48. The number of hydrogen-bond donors (Lipinski definition) is 2.